The van der Waals surface area contributed by atoms with Crippen molar-refractivity contribution < 1.29 is 19.1 Å². The third-order valence-corrected chi connectivity index (χ3v) is 5.39. The number of carbonyl (C=O) groups excluding carboxylic acids is 3. The van der Waals surface area contributed by atoms with Crippen molar-refractivity contribution in [1.29, 1.82) is 0 Å². The molecule has 1 atom stereocenters. The summed E-state index contributed by atoms with van der Waals surface area (Å²) in [7, 11) is 0. The molecule has 0 unspecified atom stereocenters. The van der Waals surface area contributed by atoms with Crippen LogP contribution in [0.4, 0.5) is 0 Å². The van der Waals surface area contributed by atoms with Crippen LogP contribution < -0.4 is 0 Å². The van der Waals surface area contributed by atoms with Gasteiger partial charge in [0, 0.05) is 24.0 Å². The van der Waals surface area contributed by atoms with E-state index in [0.717, 1.165) is 30.2 Å². The molecule has 1 aliphatic carbocycles. The van der Waals surface area contributed by atoms with Crippen molar-refractivity contribution in [2.45, 2.75) is 39.0 Å². The molecule has 2 amide bonds. The molecule has 2 heterocycles. The van der Waals surface area contributed by atoms with Crippen LogP contribution in [-0.4, -0.2) is 40.8 Å². The highest BCUT2D eigenvalue weighted by molar-refractivity contribution is 6.05. The topological polar surface area (TPSA) is 79.5 Å². The van der Waals surface area contributed by atoms with E-state index in [1.54, 1.807) is 6.07 Å². The molecule has 26 heavy (non-hydrogen) atoms. The van der Waals surface area contributed by atoms with Crippen molar-refractivity contribution in [3.05, 3.63) is 35.0 Å². The van der Waals surface area contributed by atoms with Crippen LogP contribution in [0.5, 0.6) is 0 Å². The first-order chi connectivity index (χ1) is 12.5. The molecule has 1 saturated heterocycles. The fraction of sp³-hybridized carbons (Fsp3) is 0.450. The molecular weight excluding hydrogens is 332 g/mol. The molecule has 2 aliphatic rings. The summed E-state index contributed by atoms with van der Waals surface area (Å²) in [6.45, 7) is 2.25. The summed E-state index contributed by atoms with van der Waals surface area (Å²) >= 11 is 0. The van der Waals surface area contributed by atoms with Gasteiger partial charge in [-0.05, 0) is 43.2 Å². The number of benzene rings is 1. The van der Waals surface area contributed by atoms with Gasteiger partial charge in [0.2, 0.25) is 5.91 Å². The Morgan fingerprint density at radius 1 is 1.31 bits per heavy atom. The van der Waals surface area contributed by atoms with Crippen molar-refractivity contribution in [2.75, 3.05) is 13.2 Å². The maximum atomic E-state index is 12.5. The van der Waals surface area contributed by atoms with Crippen molar-refractivity contribution in [2.24, 2.45) is 5.92 Å². The lowest BCUT2D eigenvalue weighted by atomic mass is 9.87. The minimum atomic E-state index is -0.540. The molecule has 0 bridgehead atoms. The third-order valence-electron chi connectivity index (χ3n) is 5.39. The van der Waals surface area contributed by atoms with Gasteiger partial charge in [0.15, 0.2) is 6.61 Å². The quantitative estimate of drug-likeness (QED) is 0.859. The number of likely N-dealkylation sites (tertiary alicyclic amines) is 1. The van der Waals surface area contributed by atoms with Gasteiger partial charge in [-0.2, -0.15) is 0 Å². The molecule has 6 nitrogen and oxygen atoms in total. The third kappa shape index (κ3) is 2.89. The smallest absolute Gasteiger partial charge is 0.340 e. The summed E-state index contributed by atoms with van der Waals surface area (Å²) in [4.78, 5) is 40.8. The van der Waals surface area contributed by atoms with E-state index in [1.165, 1.54) is 16.2 Å². The lowest BCUT2D eigenvalue weighted by Crippen LogP contribution is -2.35. The van der Waals surface area contributed by atoms with E-state index in [-0.39, 0.29) is 5.91 Å². The van der Waals surface area contributed by atoms with E-state index in [4.69, 9.17) is 4.74 Å². The largest absolute Gasteiger partial charge is 0.452 e. The number of ether oxygens (including phenoxy) is 1. The summed E-state index contributed by atoms with van der Waals surface area (Å²) in [6.07, 6.45) is 4.17. The maximum Gasteiger partial charge on any atom is 0.340 e. The van der Waals surface area contributed by atoms with Gasteiger partial charge in [0.25, 0.3) is 5.91 Å². The van der Waals surface area contributed by atoms with Gasteiger partial charge in [0.05, 0.1) is 11.1 Å². The molecule has 1 aromatic carbocycles. The van der Waals surface area contributed by atoms with Crippen LogP contribution in [0.2, 0.25) is 0 Å². The minimum absolute atomic E-state index is 0.195. The average molecular weight is 354 g/mol. The molecule has 1 N–H and O–H groups in total. The molecule has 1 aliphatic heterocycles. The Bertz CT molecular complexity index is 899. The van der Waals surface area contributed by atoms with Crippen molar-refractivity contribution >= 4 is 28.7 Å². The van der Waals surface area contributed by atoms with Crippen LogP contribution in [-0.2, 0) is 27.2 Å². The Labute approximate surface area is 151 Å². The van der Waals surface area contributed by atoms with Gasteiger partial charge in [-0.15, -0.1) is 0 Å². The minimum Gasteiger partial charge on any atom is -0.452 e. The molecule has 6 heteroatoms. The Morgan fingerprint density at radius 2 is 2.15 bits per heavy atom. The van der Waals surface area contributed by atoms with Crippen molar-refractivity contribution in [3.8, 4) is 0 Å². The van der Waals surface area contributed by atoms with Gasteiger partial charge in [0.1, 0.15) is 0 Å². The van der Waals surface area contributed by atoms with Gasteiger partial charge < -0.3 is 9.72 Å². The van der Waals surface area contributed by atoms with Gasteiger partial charge >= 0.3 is 5.97 Å². The number of aromatic nitrogens is 1. The lowest BCUT2D eigenvalue weighted by Gasteiger charge is -2.17. The number of esters is 1. The number of nitrogens with zero attached hydrogens (tertiary/aromatic N) is 1. The number of H-pyrrole nitrogens is 1. The van der Waals surface area contributed by atoms with Crippen LogP contribution >= 0.6 is 0 Å². The first-order valence-electron chi connectivity index (χ1n) is 9.17. The van der Waals surface area contributed by atoms with E-state index < -0.39 is 18.5 Å². The Hall–Kier alpha value is -2.63. The van der Waals surface area contributed by atoms with E-state index in [1.807, 2.05) is 12.1 Å². The average Bonchev–Trinajstić information content (AvgIpc) is 3.22. The molecule has 0 radical (unpaired) electrons. The second-order valence-electron chi connectivity index (χ2n) is 7.28. The molecule has 1 fully saturated rings. The highest BCUT2D eigenvalue weighted by atomic mass is 16.5. The number of imide groups is 1. The van der Waals surface area contributed by atoms with E-state index in [0.29, 0.717) is 30.9 Å². The van der Waals surface area contributed by atoms with Crippen LogP contribution in [0.3, 0.4) is 0 Å². The second kappa shape index (κ2) is 6.59. The molecule has 4 rings (SSSR count). The van der Waals surface area contributed by atoms with Gasteiger partial charge in [-0.25, -0.2) is 4.79 Å². The number of hydrogen-bond donors (Lipinski definition) is 1. The van der Waals surface area contributed by atoms with Crippen LogP contribution in [0.15, 0.2) is 18.2 Å². The normalized spacial score (nSPS) is 19.7. The summed E-state index contributed by atoms with van der Waals surface area (Å²) in [6, 6.07) is 5.58. The number of aromatic amines is 1. The lowest BCUT2D eigenvalue weighted by molar-refractivity contribution is -0.143. The van der Waals surface area contributed by atoms with Gasteiger partial charge in [-0.3, -0.25) is 14.5 Å². The van der Waals surface area contributed by atoms with Crippen molar-refractivity contribution in [1.82, 2.24) is 9.88 Å². The predicted octanol–water partition coefficient (Wildman–Crippen LogP) is 2.60. The number of hydrogen-bond acceptors (Lipinski definition) is 4. The number of para-hydroxylation sites is 1. The first-order valence-corrected chi connectivity index (χ1v) is 9.17. The first kappa shape index (κ1) is 16.8. The monoisotopic (exact) mass is 354 g/mol. The Kier molecular flexibility index (Phi) is 4.26. The summed E-state index contributed by atoms with van der Waals surface area (Å²) < 4.78 is 5.21. The highest BCUT2D eigenvalue weighted by Crippen LogP contribution is 2.33. The molecule has 1 aromatic heterocycles. The standard InChI is InChI=1S/C20H22N2O4/c1-12-7-8-16-15(10-12)13-4-2-5-14(19(13)21-16)20(25)26-11-18(24)22-9-3-6-17(22)23/h2,4-5,12,21H,3,6-11H2,1H3/t12-/m0/s1. The Morgan fingerprint density at radius 3 is 2.92 bits per heavy atom. The number of nitrogens with one attached hydrogen (secondary N) is 1. The van der Waals surface area contributed by atoms with Gasteiger partial charge in [-0.1, -0.05) is 19.1 Å². The van der Waals surface area contributed by atoms with E-state index in [2.05, 4.69) is 11.9 Å². The highest BCUT2D eigenvalue weighted by Gasteiger charge is 2.28. The SMILES string of the molecule is C[C@H]1CCc2[nH]c3c(C(=O)OCC(=O)N4CCCC4=O)cccc3c2C1. The van der Waals surface area contributed by atoms with Crippen molar-refractivity contribution in [3.63, 3.8) is 0 Å². The van der Waals surface area contributed by atoms with E-state index >= 15 is 0 Å². The van der Waals surface area contributed by atoms with Crippen LogP contribution in [0, 0.1) is 5.92 Å². The fourth-order valence-corrected chi connectivity index (χ4v) is 3.98. The number of fused-ring (bicyclic) bond motifs is 3. The predicted molar refractivity (Wildman–Crippen MR) is 95.7 cm³/mol. The molecular formula is C20H22N2O4. The zero-order chi connectivity index (χ0) is 18.3. The molecule has 2 aromatic rings. The molecule has 0 spiro atoms. The van der Waals surface area contributed by atoms with Crippen LogP contribution in [0.1, 0.15) is 47.8 Å². The summed E-state index contributed by atoms with van der Waals surface area (Å²) in [5.41, 5.74) is 3.69. The number of carbonyl (C=O) groups is 3. The fourth-order valence-electron chi connectivity index (χ4n) is 3.98. The molecule has 0 saturated carbocycles. The van der Waals surface area contributed by atoms with E-state index in [9.17, 15) is 14.4 Å². The zero-order valence-corrected chi connectivity index (χ0v) is 14.8. The summed E-state index contributed by atoms with van der Waals surface area (Å²) in [5, 5.41) is 1.06. The summed E-state index contributed by atoms with van der Waals surface area (Å²) in [5.74, 6) is -0.554. The molecule has 136 valence electrons. The number of rotatable bonds is 3. The second-order valence-corrected chi connectivity index (χ2v) is 7.28. The number of aryl methyl sites for hydroxylation is 1. The zero-order valence-electron chi connectivity index (χ0n) is 14.8. The Balaban J connectivity index is 1.54. The number of amides is 2. The maximum absolute atomic E-state index is 12.5. The van der Waals surface area contributed by atoms with Crippen LogP contribution in [0.25, 0.3) is 10.9 Å².